The molecule has 3 fully saturated rings. The van der Waals surface area contributed by atoms with Crippen LogP contribution in [0.15, 0.2) is 11.8 Å². The Kier molecular flexibility index (Phi) is 4.67. The molecule has 4 heteroatoms. The summed E-state index contributed by atoms with van der Waals surface area (Å²) in [6.45, 7) is 7.90. The highest BCUT2D eigenvalue weighted by Gasteiger charge is 2.60. The maximum absolute atomic E-state index is 11.6. The van der Waals surface area contributed by atoms with Crippen molar-refractivity contribution in [3.63, 3.8) is 0 Å². The van der Waals surface area contributed by atoms with Gasteiger partial charge in [0.25, 0.3) is 0 Å². The second-order valence-corrected chi connectivity index (χ2v) is 10.0. The molecule has 0 heterocycles. The van der Waals surface area contributed by atoms with E-state index >= 15 is 0 Å². The molecule has 0 unspecified atom stereocenters. The normalized spacial score (nSPS) is 45.8. The Balaban J connectivity index is 1.55. The zero-order valence-corrected chi connectivity index (χ0v) is 17.3. The lowest BCUT2D eigenvalue weighted by atomic mass is 9.46. The molecular formula is C23H34O4. The summed E-state index contributed by atoms with van der Waals surface area (Å²) in [7, 11) is 0. The van der Waals surface area contributed by atoms with Crippen LogP contribution in [-0.4, -0.2) is 18.0 Å². The fourth-order valence-electron chi connectivity index (χ4n) is 7.46. The fraction of sp³-hybridized carbons (Fsp3) is 0.826. The van der Waals surface area contributed by atoms with Gasteiger partial charge in [-0.1, -0.05) is 13.8 Å². The van der Waals surface area contributed by atoms with Crippen LogP contribution in [0.3, 0.4) is 0 Å². The van der Waals surface area contributed by atoms with Crippen LogP contribution in [0, 0.1) is 34.5 Å². The van der Waals surface area contributed by atoms with E-state index in [4.69, 9.17) is 9.47 Å². The number of allylic oxidation sites excluding steroid dienone is 2. The summed E-state index contributed by atoms with van der Waals surface area (Å²) in [4.78, 5) is 22.9. The molecule has 0 saturated heterocycles. The second kappa shape index (κ2) is 6.63. The first kappa shape index (κ1) is 19.0. The summed E-state index contributed by atoms with van der Waals surface area (Å²) in [5.41, 5.74) is 0.469. The number of hydrogen-bond acceptors (Lipinski definition) is 4. The Bertz CT molecular complexity index is 667. The lowest BCUT2D eigenvalue weighted by Crippen LogP contribution is -2.53. The maximum atomic E-state index is 11.6. The standard InChI is InChI=1S/C23H34O4/c1-14(24)26-17-9-11-22(3)16(13-17)5-6-18-19-7-8-21(27-15(2)25)23(19,4)12-10-20(18)22/h9,16,18-21H,5-8,10-13H2,1-4H3/t16-,18+,19+,20+,21+,22+,23+/m1/s1. The predicted octanol–water partition coefficient (Wildman–Crippen LogP) is 5.02. The summed E-state index contributed by atoms with van der Waals surface area (Å²) in [5, 5.41) is 0. The highest BCUT2D eigenvalue weighted by molar-refractivity contribution is 5.67. The molecule has 0 aromatic rings. The Morgan fingerprint density at radius 2 is 1.70 bits per heavy atom. The number of rotatable bonds is 2. The van der Waals surface area contributed by atoms with Crippen LogP contribution in [0.2, 0.25) is 0 Å². The third-order valence-corrected chi connectivity index (χ3v) is 8.78. The van der Waals surface area contributed by atoms with E-state index in [1.54, 1.807) is 6.92 Å². The van der Waals surface area contributed by atoms with Crippen LogP contribution in [0.25, 0.3) is 0 Å². The Labute approximate surface area is 163 Å². The summed E-state index contributed by atoms with van der Waals surface area (Å²) >= 11 is 0. The zero-order valence-electron chi connectivity index (χ0n) is 17.3. The van der Waals surface area contributed by atoms with E-state index in [0.717, 1.165) is 36.9 Å². The van der Waals surface area contributed by atoms with Crippen molar-refractivity contribution < 1.29 is 19.1 Å². The van der Waals surface area contributed by atoms with Crippen molar-refractivity contribution in [1.82, 2.24) is 0 Å². The first-order valence-electron chi connectivity index (χ1n) is 10.8. The molecule has 0 radical (unpaired) electrons. The van der Waals surface area contributed by atoms with Crippen molar-refractivity contribution in [1.29, 1.82) is 0 Å². The highest BCUT2D eigenvalue weighted by atomic mass is 16.5. The smallest absolute Gasteiger partial charge is 0.307 e. The minimum atomic E-state index is -0.200. The van der Waals surface area contributed by atoms with Crippen LogP contribution < -0.4 is 0 Å². The monoisotopic (exact) mass is 374 g/mol. The van der Waals surface area contributed by atoms with Gasteiger partial charge in [-0.25, -0.2) is 0 Å². The third kappa shape index (κ3) is 3.03. The Morgan fingerprint density at radius 3 is 2.41 bits per heavy atom. The van der Waals surface area contributed by atoms with Crippen molar-refractivity contribution in [2.45, 2.75) is 85.2 Å². The second-order valence-electron chi connectivity index (χ2n) is 10.0. The number of ether oxygens (including phenoxy) is 2. The molecule has 3 saturated carbocycles. The molecule has 0 amide bonds. The van der Waals surface area contributed by atoms with Crippen LogP contribution in [0.4, 0.5) is 0 Å². The van der Waals surface area contributed by atoms with E-state index in [-0.39, 0.29) is 23.5 Å². The lowest BCUT2D eigenvalue weighted by molar-refractivity contribution is -0.160. The Hall–Kier alpha value is -1.32. The van der Waals surface area contributed by atoms with Gasteiger partial charge in [-0.2, -0.15) is 0 Å². The molecule has 0 aliphatic heterocycles. The number of hydrogen-bond donors (Lipinski definition) is 0. The molecule has 4 aliphatic carbocycles. The summed E-state index contributed by atoms with van der Waals surface area (Å²) in [5.74, 6) is 3.34. The largest absolute Gasteiger partial charge is 0.462 e. The van der Waals surface area contributed by atoms with E-state index in [9.17, 15) is 9.59 Å². The topological polar surface area (TPSA) is 52.6 Å². The minimum Gasteiger partial charge on any atom is -0.462 e. The molecule has 27 heavy (non-hydrogen) atoms. The van der Waals surface area contributed by atoms with E-state index in [0.29, 0.717) is 17.3 Å². The number of carbonyl (C=O) groups excluding carboxylic acids is 2. The molecule has 0 spiro atoms. The minimum absolute atomic E-state index is 0.105. The Morgan fingerprint density at radius 1 is 0.963 bits per heavy atom. The number of carbonyl (C=O) groups is 2. The average Bonchev–Trinajstić information content (AvgIpc) is 2.91. The molecule has 4 aliphatic rings. The molecule has 7 atom stereocenters. The lowest BCUT2D eigenvalue weighted by Gasteiger charge is -2.59. The van der Waals surface area contributed by atoms with E-state index in [1.807, 2.05) is 0 Å². The average molecular weight is 375 g/mol. The predicted molar refractivity (Wildman–Crippen MR) is 103 cm³/mol. The van der Waals surface area contributed by atoms with Crippen molar-refractivity contribution in [2.24, 2.45) is 34.5 Å². The SMILES string of the molecule is CC(=O)OC1=CC[C@@]2(C)[C@H](CC[C@@H]3[C@@H]2CC[C@]2(C)[C@@H](OC(C)=O)CC[C@@H]32)C1. The van der Waals surface area contributed by atoms with Crippen LogP contribution in [-0.2, 0) is 19.1 Å². The summed E-state index contributed by atoms with van der Waals surface area (Å²) in [6.07, 6.45) is 11.4. The molecule has 0 bridgehead atoms. The van der Waals surface area contributed by atoms with Crippen LogP contribution >= 0.6 is 0 Å². The van der Waals surface area contributed by atoms with Gasteiger partial charge in [0.15, 0.2) is 0 Å². The molecular weight excluding hydrogens is 340 g/mol. The molecule has 0 aromatic carbocycles. The highest BCUT2D eigenvalue weighted by Crippen LogP contribution is 2.66. The van der Waals surface area contributed by atoms with E-state index in [1.165, 1.54) is 39.0 Å². The van der Waals surface area contributed by atoms with Gasteiger partial charge in [0, 0.05) is 25.7 Å². The molecule has 0 aromatic heterocycles. The van der Waals surface area contributed by atoms with Gasteiger partial charge in [0.05, 0.1) is 0 Å². The van der Waals surface area contributed by atoms with E-state index < -0.39 is 0 Å². The van der Waals surface area contributed by atoms with Gasteiger partial charge in [-0.15, -0.1) is 0 Å². The van der Waals surface area contributed by atoms with Gasteiger partial charge in [-0.3, -0.25) is 9.59 Å². The van der Waals surface area contributed by atoms with Crippen molar-refractivity contribution in [3.05, 3.63) is 11.8 Å². The van der Waals surface area contributed by atoms with Crippen molar-refractivity contribution in [3.8, 4) is 0 Å². The molecule has 0 N–H and O–H groups in total. The molecule has 150 valence electrons. The first-order chi connectivity index (χ1) is 12.7. The number of fused-ring (bicyclic) bond motifs is 5. The van der Waals surface area contributed by atoms with Crippen molar-refractivity contribution >= 4 is 11.9 Å². The van der Waals surface area contributed by atoms with Gasteiger partial charge in [-0.05, 0) is 80.1 Å². The fourth-order valence-corrected chi connectivity index (χ4v) is 7.46. The maximum Gasteiger partial charge on any atom is 0.307 e. The quantitative estimate of drug-likeness (QED) is 0.637. The zero-order chi connectivity index (χ0) is 19.4. The van der Waals surface area contributed by atoms with Gasteiger partial charge in [0.1, 0.15) is 11.9 Å². The van der Waals surface area contributed by atoms with Crippen LogP contribution in [0.1, 0.15) is 79.1 Å². The summed E-state index contributed by atoms with van der Waals surface area (Å²) in [6, 6.07) is 0. The molecule has 4 nitrogen and oxygen atoms in total. The van der Waals surface area contributed by atoms with E-state index in [2.05, 4.69) is 19.9 Å². The van der Waals surface area contributed by atoms with Crippen LogP contribution in [0.5, 0.6) is 0 Å². The first-order valence-corrected chi connectivity index (χ1v) is 10.8. The third-order valence-electron chi connectivity index (χ3n) is 8.78. The summed E-state index contributed by atoms with van der Waals surface area (Å²) < 4.78 is 11.2. The van der Waals surface area contributed by atoms with Gasteiger partial charge >= 0.3 is 11.9 Å². The number of esters is 2. The van der Waals surface area contributed by atoms with Gasteiger partial charge < -0.3 is 9.47 Å². The molecule has 4 rings (SSSR count). The van der Waals surface area contributed by atoms with Gasteiger partial charge in [0.2, 0.25) is 0 Å². The van der Waals surface area contributed by atoms with Crippen molar-refractivity contribution in [2.75, 3.05) is 0 Å².